The normalized spacial score (nSPS) is 11.4. The second-order valence-corrected chi connectivity index (χ2v) is 3.35. The first-order valence-corrected chi connectivity index (χ1v) is 5.13. The molecule has 0 aliphatic heterocycles. The summed E-state index contributed by atoms with van der Waals surface area (Å²) in [4.78, 5) is 25.4. The largest absolute Gasteiger partial charge is 0.515 e. The summed E-state index contributed by atoms with van der Waals surface area (Å²) in [6.45, 7) is 0.325. The first-order chi connectivity index (χ1) is 8.63. The van der Waals surface area contributed by atoms with Crippen molar-refractivity contribution in [1.29, 1.82) is 0 Å². The quantitative estimate of drug-likeness (QED) is 0.418. The van der Waals surface area contributed by atoms with E-state index in [1.807, 2.05) is 30.3 Å². The van der Waals surface area contributed by atoms with Crippen LogP contribution >= 0.6 is 0 Å². The Hall–Kier alpha value is -2.63. The standard InChI is InChI=1S/C12H13N3O3/c13-11(17)10(8-16)7-15-12(18)14-6-9-4-2-1-3-5-9/h1-5,7-8,16H,6H2,(H2,13,17)(H,14,18)/b10-8-,15-7-. The van der Waals surface area contributed by atoms with Crippen LogP contribution in [0.2, 0.25) is 0 Å². The van der Waals surface area contributed by atoms with Crippen LogP contribution in [0.4, 0.5) is 4.79 Å². The van der Waals surface area contributed by atoms with Crippen molar-refractivity contribution in [3.05, 3.63) is 47.7 Å². The molecular weight excluding hydrogens is 234 g/mol. The molecule has 6 nitrogen and oxygen atoms in total. The zero-order valence-electron chi connectivity index (χ0n) is 9.54. The van der Waals surface area contributed by atoms with Crippen LogP contribution in [-0.4, -0.2) is 23.3 Å². The fraction of sp³-hybridized carbons (Fsp3) is 0.0833. The fourth-order valence-corrected chi connectivity index (χ4v) is 1.11. The zero-order chi connectivity index (χ0) is 13.4. The van der Waals surface area contributed by atoms with Gasteiger partial charge in [0, 0.05) is 12.8 Å². The van der Waals surface area contributed by atoms with E-state index in [0.29, 0.717) is 12.8 Å². The van der Waals surface area contributed by atoms with Crippen molar-refractivity contribution >= 4 is 18.2 Å². The van der Waals surface area contributed by atoms with Gasteiger partial charge in [-0.25, -0.2) is 9.79 Å². The highest BCUT2D eigenvalue weighted by atomic mass is 16.2. The molecule has 0 radical (unpaired) electrons. The number of aliphatic imine (C=N–C) groups is 1. The Kier molecular flexibility index (Phi) is 5.11. The molecule has 94 valence electrons. The highest BCUT2D eigenvalue weighted by molar-refractivity contribution is 6.12. The number of carbonyl (C=O) groups is 2. The fourth-order valence-electron chi connectivity index (χ4n) is 1.11. The molecule has 6 heteroatoms. The SMILES string of the molecule is NC(=O)C(/C=N\C(=O)NCc1ccccc1)=C\O. The lowest BCUT2D eigenvalue weighted by atomic mass is 10.2. The summed E-state index contributed by atoms with van der Waals surface area (Å²) >= 11 is 0. The van der Waals surface area contributed by atoms with Crippen molar-refractivity contribution < 1.29 is 14.7 Å². The number of primary amides is 1. The molecular formula is C12H13N3O3. The minimum atomic E-state index is -0.864. The molecule has 0 saturated heterocycles. The first kappa shape index (κ1) is 13.4. The van der Waals surface area contributed by atoms with Crippen LogP contribution in [0.5, 0.6) is 0 Å². The van der Waals surface area contributed by atoms with E-state index in [1.165, 1.54) is 0 Å². The van der Waals surface area contributed by atoms with Crippen molar-refractivity contribution in [1.82, 2.24) is 5.32 Å². The van der Waals surface area contributed by atoms with Crippen LogP contribution in [0.25, 0.3) is 0 Å². The summed E-state index contributed by atoms with van der Waals surface area (Å²) in [7, 11) is 0. The molecule has 0 saturated carbocycles. The number of benzene rings is 1. The van der Waals surface area contributed by atoms with Gasteiger partial charge in [-0.3, -0.25) is 4.79 Å². The first-order valence-electron chi connectivity index (χ1n) is 5.13. The molecule has 0 aliphatic carbocycles. The summed E-state index contributed by atoms with van der Waals surface area (Å²) in [6.07, 6.45) is 1.40. The molecule has 0 bridgehead atoms. The number of nitrogens with two attached hydrogens (primary N) is 1. The monoisotopic (exact) mass is 247 g/mol. The third-order valence-electron chi connectivity index (χ3n) is 2.03. The van der Waals surface area contributed by atoms with Gasteiger partial charge in [0.05, 0.1) is 11.8 Å². The van der Waals surface area contributed by atoms with Crippen LogP contribution in [0.3, 0.4) is 0 Å². The van der Waals surface area contributed by atoms with E-state index in [9.17, 15) is 9.59 Å². The van der Waals surface area contributed by atoms with Gasteiger partial charge < -0.3 is 16.2 Å². The molecule has 3 amide bonds. The van der Waals surface area contributed by atoms with Crippen LogP contribution < -0.4 is 11.1 Å². The van der Waals surface area contributed by atoms with Crippen molar-refractivity contribution in [2.45, 2.75) is 6.54 Å². The van der Waals surface area contributed by atoms with Crippen molar-refractivity contribution in [3.8, 4) is 0 Å². The predicted molar refractivity (Wildman–Crippen MR) is 67.1 cm³/mol. The third kappa shape index (κ3) is 4.48. The van der Waals surface area contributed by atoms with E-state index in [1.54, 1.807) is 0 Å². The Morgan fingerprint density at radius 3 is 2.56 bits per heavy atom. The number of nitrogens with one attached hydrogen (secondary N) is 1. The molecule has 4 N–H and O–H groups in total. The number of carbonyl (C=O) groups excluding carboxylic acids is 2. The molecule has 0 spiro atoms. The summed E-state index contributed by atoms with van der Waals surface area (Å²) in [5, 5.41) is 11.2. The minimum Gasteiger partial charge on any atom is -0.515 e. The highest BCUT2D eigenvalue weighted by Crippen LogP contribution is 1.97. The van der Waals surface area contributed by atoms with Gasteiger partial charge in [-0.1, -0.05) is 30.3 Å². The summed E-state index contributed by atoms with van der Waals surface area (Å²) < 4.78 is 0. The van der Waals surface area contributed by atoms with Crippen LogP contribution in [0.1, 0.15) is 5.56 Å². The van der Waals surface area contributed by atoms with Gasteiger partial charge in [0.15, 0.2) is 0 Å². The Bertz CT molecular complexity index is 481. The molecule has 0 aromatic heterocycles. The molecule has 0 fully saturated rings. The maximum Gasteiger partial charge on any atom is 0.341 e. The third-order valence-corrected chi connectivity index (χ3v) is 2.03. The van der Waals surface area contributed by atoms with Crippen molar-refractivity contribution in [2.75, 3.05) is 0 Å². The smallest absolute Gasteiger partial charge is 0.341 e. The van der Waals surface area contributed by atoms with E-state index in [0.717, 1.165) is 11.8 Å². The van der Waals surface area contributed by atoms with Gasteiger partial charge in [0.1, 0.15) is 0 Å². The van der Waals surface area contributed by atoms with Gasteiger partial charge in [0.25, 0.3) is 5.91 Å². The average Bonchev–Trinajstić information content (AvgIpc) is 2.38. The van der Waals surface area contributed by atoms with Crippen LogP contribution in [0.15, 0.2) is 47.2 Å². The van der Waals surface area contributed by atoms with Crippen LogP contribution in [0, 0.1) is 0 Å². The van der Waals surface area contributed by atoms with Gasteiger partial charge in [0.2, 0.25) is 0 Å². The Morgan fingerprint density at radius 1 is 1.33 bits per heavy atom. The number of rotatable bonds is 4. The predicted octanol–water partition coefficient (Wildman–Crippen LogP) is 0.894. The number of hydrogen-bond donors (Lipinski definition) is 3. The van der Waals surface area contributed by atoms with Gasteiger partial charge in [-0.2, -0.15) is 0 Å². The number of urea groups is 1. The number of amides is 3. The molecule has 0 aliphatic rings. The van der Waals surface area contributed by atoms with Crippen LogP contribution in [-0.2, 0) is 11.3 Å². The molecule has 1 aromatic carbocycles. The number of aliphatic hydroxyl groups is 1. The summed E-state index contributed by atoms with van der Waals surface area (Å²) in [6, 6.07) is 8.65. The van der Waals surface area contributed by atoms with Gasteiger partial charge >= 0.3 is 6.03 Å². The van der Waals surface area contributed by atoms with Gasteiger partial charge in [-0.15, -0.1) is 0 Å². The van der Waals surface area contributed by atoms with E-state index >= 15 is 0 Å². The molecule has 0 unspecified atom stereocenters. The lowest BCUT2D eigenvalue weighted by Gasteiger charge is -2.01. The maximum atomic E-state index is 11.3. The Labute approximate surface area is 104 Å². The zero-order valence-corrected chi connectivity index (χ0v) is 9.54. The summed E-state index contributed by atoms with van der Waals surface area (Å²) in [5.74, 6) is -0.864. The van der Waals surface area contributed by atoms with Crippen molar-refractivity contribution in [3.63, 3.8) is 0 Å². The number of hydrogen-bond acceptors (Lipinski definition) is 3. The molecule has 0 heterocycles. The Balaban J connectivity index is 2.48. The second-order valence-electron chi connectivity index (χ2n) is 3.35. The van der Waals surface area contributed by atoms with E-state index in [2.05, 4.69) is 10.3 Å². The average molecular weight is 247 g/mol. The number of aliphatic hydroxyl groups excluding tert-OH is 1. The maximum absolute atomic E-state index is 11.3. The Morgan fingerprint density at radius 2 is 2.00 bits per heavy atom. The molecule has 18 heavy (non-hydrogen) atoms. The molecule has 1 aromatic rings. The summed E-state index contributed by atoms with van der Waals surface area (Å²) in [5.41, 5.74) is 5.59. The second kappa shape index (κ2) is 6.85. The minimum absolute atomic E-state index is 0.245. The van der Waals surface area contributed by atoms with E-state index < -0.39 is 11.9 Å². The molecule has 0 atom stereocenters. The van der Waals surface area contributed by atoms with E-state index in [-0.39, 0.29) is 5.57 Å². The molecule has 1 rings (SSSR count). The van der Waals surface area contributed by atoms with E-state index in [4.69, 9.17) is 10.8 Å². The topological polar surface area (TPSA) is 105 Å². The number of nitrogens with zero attached hydrogens (tertiary/aromatic N) is 1. The lowest BCUT2D eigenvalue weighted by molar-refractivity contribution is -0.114. The van der Waals surface area contributed by atoms with Crippen molar-refractivity contribution in [2.24, 2.45) is 10.7 Å². The van der Waals surface area contributed by atoms with Gasteiger partial charge in [-0.05, 0) is 5.56 Å². The lowest BCUT2D eigenvalue weighted by Crippen LogP contribution is -2.20. The highest BCUT2D eigenvalue weighted by Gasteiger charge is 2.02.